The Morgan fingerprint density at radius 2 is 1.93 bits per heavy atom. The fourth-order valence-electron chi connectivity index (χ4n) is 2.92. The molecule has 0 aliphatic rings. The Morgan fingerprint density at radius 1 is 1.10 bits per heavy atom. The summed E-state index contributed by atoms with van der Waals surface area (Å²) in [5.74, 6) is 0.563. The van der Waals surface area contributed by atoms with Crippen LogP contribution in [0, 0.1) is 6.92 Å². The van der Waals surface area contributed by atoms with E-state index >= 15 is 0 Å². The van der Waals surface area contributed by atoms with Gasteiger partial charge in [0.2, 0.25) is 16.0 Å². The first-order valence-electron chi connectivity index (χ1n) is 8.79. The van der Waals surface area contributed by atoms with Crippen LogP contribution in [0.4, 0.5) is 17.3 Å². The zero-order chi connectivity index (χ0) is 20.6. The number of sulfonamides is 1. The topological polar surface area (TPSA) is 88.1 Å². The van der Waals surface area contributed by atoms with Crippen LogP contribution in [0.25, 0.3) is 21.3 Å². The molecule has 0 radical (unpaired) electrons. The van der Waals surface area contributed by atoms with Crippen molar-refractivity contribution >= 4 is 48.9 Å². The van der Waals surface area contributed by atoms with Gasteiger partial charge in [-0.2, -0.15) is 0 Å². The van der Waals surface area contributed by atoms with Gasteiger partial charge in [-0.3, -0.25) is 9.71 Å². The molecule has 0 saturated carbocycles. The molecule has 0 unspecified atom stereocenters. The fourth-order valence-corrected chi connectivity index (χ4v) is 4.35. The van der Waals surface area contributed by atoms with Crippen LogP contribution in [0.3, 0.4) is 0 Å². The minimum absolute atomic E-state index is 0.515. The highest BCUT2D eigenvalue weighted by Gasteiger charge is 2.14. The first-order valence-corrected chi connectivity index (χ1v) is 11.6. The van der Waals surface area contributed by atoms with Crippen molar-refractivity contribution in [1.29, 1.82) is 0 Å². The van der Waals surface area contributed by atoms with Gasteiger partial charge in [-0.05, 0) is 36.8 Å². The van der Waals surface area contributed by atoms with E-state index in [0.29, 0.717) is 11.6 Å². The number of benzene rings is 1. The van der Waals surface area contributed by atoms with E-state index in [-0.39, 0.29) is 0 Å². The Morgan fingerprint density at radius 3 is 2.66 bits per heavy atom. The molecule has 0 aliphatic heterocycles. The van der Waals surface area contributed by atoms with E-state index in [2.05, 4.69) is 14.7 Å². The summed E-state index contributed by atoms with van der Waals surface area (Å²) in [7, 11) is -1.44. The first kappa shape index (κ1) is 19.3. The number of nitrogens with one attached hydrogen (secondary N) is 1. The molecule has 148 valence electrons. The predicted molar refractivity (Wildman–Crippen MR) is 118 cm³/mol. The number of aromatic nitrogens is 3. The van der Waals surface area contributed by atoms with Crippen molar-refractivity contribution < 1.29 is 8.42 Å². The summed E-state index contributed by atoms with van der Waals surface area (Å²) < 4.78 is 26.6. The van der Waals surface area contributed by atoms with E-state index in [1.54, 1.807) is 29.7 Å². The average Bonchev–Trinajstić information content (AvgIpc) is 3.10. The molecule has 0 fully saturated rings. The van der Waals surface area contributed by atoms with Gasteiger partial charge in [0.05, 0.1) is 34.6 Å². The molecule has 0 bridgehead atoms. The Bertz CT molecular complexity index is 1280. The number of hydrogen-bond donors (Lipinski definition) is 1. The van der Waals surface area contributed by atoms with Crippen molar-refractivity contribution in [2.45, 2.75) is 6.92 Å². The third kappa shape index (κ3) is 4.20. The molecule has 1 aromatic carbocycles. The van der Waals surface area contributed by atoms with Crippen LogP contribution >= 0.6 is 11.3 Å². The maximum Gasteiger partial charge on any atom is 0.230 e. The summed E-state index contributed by atoms with van der Waals surface area (Å²) in [5.41, 5.74) is 4.99. The van der Waals surface area contributed by atoms with E-state index < -0.39 is 10.0 Å². The van der Waals surface area contributed by atoms with E-state index in [0.717, 1.165) is 39.0 Å². The summed E-state index contributed by atoms with van der Waals surface area (Å²) in [6, 6.07) is 11.2. The number of aryl methyl sites for hydroxylation is 1. The highest BCUT2D eigenvalue weighted by molar-refractivity contribution is 7.92. The van der Waals surface area contributed by atoms with Gasteiger partial charge in [-0.1, -0.05) is 12.1 Å². The summed E-state index contributed by atoms with van der Waals surface area (Å²) in [5, 5.41) is 2.01. The summed E-state index contributed by atoms with van der Waals surface area (Å²) in [4.78, 5) is 15.5. The Kier molecular flexibility index (Phi) is 4.93. The normalized spacial score (nSPS) is 11.6. The van der Waals surface area contributed by atoms with Gasteiger partial charge >= 0.3 is 0 Å². The molecule has 3 aromatic heterocycles. The molecule has 4 aromatic rings. The molecule has 3 heterocycles. The SMILES string of the molecule is Cc1ccc(N(C)c2ncc3scc(-c4cccc(NS(C)(=O)=O)c4)c3n2)cn1. The quantitative estimate of drug-likeness (QED) is 0.516. The standard InChI is InChI=1S/C20H19N5O2S2/c1-13-7-8-16(10-21-13)25(2)20-22-11-18-19(23-20)17(12-28-18)14-5-4-6-15(9-14)24-29(3,26)27/h4-12,24H,1-3H3. The molecule has 0 amide bonds. The van der Waals surface area contributed by atoms with Crippen molar-refractivity contribution in [2.24, 2.45) is 0 Å². The van der Waals surface area contributed by atoms with E-state index in [4.69, 9.17) is 4.98 Å². The Balaban J connectivity index is 1.74. The maximum atomic E-state index is 11.5. The fraction of sp³-hybridized carbons (Fsp3) is 0.150. The molecule has 0 aliphatic carbocycles. The third-order valence-corrected chi connectivity index (χ3v) is 5.87. The third-order valence-electron chi connectivity index (χ3n) is 4.36. The van der Waals surface area contributed by atoms with Gasteiger partial charge in [0.15, 0.2) is 0 Å². The molecule has 4 rings (SSSR count). The van der Waals surface area contributed by atoms with Crippen LogP contribution in [0.2, 0.25) is 0 Å². The van der Waals surface area contributed by atoms with Gasteiger partial charge in [-0.15, -0.1) is 11.3 Å². The van der Waals surface area contributed by atoms with Gasteiger partial charge in [-0.25, -0.2) is 18.4 Å². The van der Waals surface area contributed by atoms with Gasteiger partial charge in [0.1, 0.15) is 0 Å². The van der Waals surface area contributed by atoms with Crippen LogP contribution in [0.15, 0.2) is 54.2 Å². The van der Waals surface area contributed by atoms with Crippen LogP contribution in [0.5, 0.6) is 0 Å². The zero-order valence-corrected chi connectivity index (χ0v) is 17.8. The molecule has 1 N–H and O–H groups in total. The highest BCUT2D eigenvalue weighted by atomic mass is 32.2. The van der Waals surface area contributed by atoms with Crippen molar-refractivity contribution in [3.63, 3.8) is 0 Å². The second-order valence-electron chi connectivity index (χ2n) is 6.70. The number of hydrogen-bond acceptors (Lipinski definition) is 7. The molecular weight excluding hydrogens is 406 g/mol. The Labute approximate surface area is 173 Å². The van der Waals surface area contributed by atoms with Crippen LogP contribution in [0.1, 0.15) is 5.69 Å². The Hall–Kier alpha value is -3.04. The number of nitrogens with zero attached hydrogens (tertiary/aromatic N) is 4. The lowest BCUT2D eigenvalue weighted by molar-refractivity contribution is 0.607. The van der Waals surface area contributed by atoms with Gasteiger partial charge < -0.3 is 4.90 Å². The van der Waals surface area contributed by atoms with Gasteiger partial charge in [0, 0.05) is 29.4 Å². The molecular formula is C20H19N5O2S2. The monoisotopic (exact) mass is 425 g/mol. The van der Waals surface area contributed by atoms with Crippen LogP contribution < -0.4 is 9.62 Å². The highest BCUT2D eigenvalue weighted by Crippen LogP contribution is 2.35. The van der Waals surface area contributed by atoms with E-state index in [1.165, 1.54) is 0 Å². The van der Waals surface area contributed by atoms with Crippen LogP contribution in [-0.2, 0) is 10.0 Å². The van der Waals surface area contributed by atoms with Crippen molar-refractivity contribution in [2.75, 3.05) is 22.9 Å². The second-order valence-corrected chi connectivity index (χ2v) is 9.36. The minimum Gasteiger partial charge on any atom is -0.312 e. The summed E-state index contributed by atoms with van der Waals surface area (Å²) in [6.07, 6.45) is 4.73. The zero-order valence-electron chi connectivity index (χ0n) is 16.1. The number of pyridine rings is 1. The smallest absolute Gasteiger partial charge is 0.230 e. The number of anilines is 3. The molecule has 0 saturated heterocycles. The minimum atomic E-state index is -3.34. The average molecular weight is 426 g/mol. The molecule has 9 heteroatoms. The number of fused-ring (bicyclic) bond motifs is 1. The molecule has 29 heavy (non-hydrogen) atoms. The van der Waals surface area contributed by atoms with Crippen molar-refractivity contribution in [1.82, 2.24) is 15.0 Å². The summed E-state index contributed by atoms with van der Waals surface area (Å²) in [6.45, 7) is 1.94. The maximum absolute atomic E-state index is 11.5. The van der Waals surface area contributed by atoms with Crippen LogP contribution in [-0.4, -0.2) is 36.7 Å². The lowest BCUT2D eigenvalue weighted by atomic mass is 10.1. The molecule has 0 atom stereocenters. The first-order chi connectivity index (χ1) is 13.8. The van der Waals surface area contributed by atoms with Crippen molar-refractivity contribution in [3.05, 3.63) is 59.9 Å². The lowest BCUT2D eigenvalue weighted by Gasteiger charge is -2.16. The molecule has 0 spiro atoms. The van der Waals surface area contributed by atoms with E-state index in [1.807, 2.05) is 54.7 Å². The summed E-state index contributed by atoms with van der Waals surface area (Å²) >= 11 is 1.55. The molecule has 7 nitrogen and oxygen atoms in total. The number of thiophene rings is 1. The predicted octanol–water partition coefficient (Wildman–Crippen LogP) is 4.20. The lowest BCUT2D eigenvalue weighted by Crippen LogP contribution is -2.13. The van der Waals surface area contributed by atoms with E-state index in [9.17, 15) is 8.42 Å². The largest absolute Gasteiger partial charge is 0.312 e. The second kappa shape index (κ2) is 7.41. The van der Waals surface area contributed by atoms with Crippen molar-refractivity contribution in [3.8, 4) is 11.1 Å². The number of rotatable bonds is 5. The van der Waals surface area contributed by atoms with Gasteiger partial charge in [0.25, 0.3) is 0 Å².